The molecule has 2 aromatic heterocycles. The van der Waals surface area contributed by atoms with Crippen LogP contribution in [-0.2, 0) is 6.54 Å². The first-order valence-electron chi connectivity index (χ1n) is 7.27. The lowest BCUT2D eigenvalue weighted by atomic mass is 10.3. The quantitative estimate of drug-likeness (QED) is 0.809. The first-order chi connectivity index (χ1) is 9.72. The molecule has 0 saturated carbocycles. The molecule has 0 aliphatic carbocycles. The van der Waals surface area contributed by atoms with Crippen molar-refractivity contribution in [2.45, 2.75) is 33.4 Å². The predicted molar refractivity (Wildman–Crippen MR) is 86.4 cm³/mol. The number of rotatable bonds is 8. The number of nitrogens with one attached hydrogen (secondary N) is 1. The van der Waals surface area contributed by atoms with Gasteiger partial charge in [0, 0.05) is 17.6 Å². The van der Waals surface area contributed by atoms with Gasteiger partial charge in [0.05, 0.1) is 24.5 Å². The number of hydrogen-bond donors (Lipinski definition) is 1. The van der Waals surface area contributed by atoms with Gasteiger partial charge in [0.25, 0.3) is 0 Å². The highest BCUT2D eigenvalue weighted by Crippen LogP contribution is 2.22. The van der Waals surface area contributed by atoms with Crippen molar-refractivity contribution in [1.29, 1.82) is 0 Å². The van der Waals surface area contributed by atoms with Crippen molar-refractivity contribution in [2.75, 3.05) is 25.0 Å². The lowest BCUT2D eigenvalue weighted by Gasteiger charge is -2.17. The Morgan fingerprint density at radius 1 is 1.40 bits per heavy atom. The maximum atomic E-state index is 4.42. The zero-order valence-corrected chi connectivity index (χ0v) is 13.4. The Balaban J connectivity index is 1.86. The van der Waals surface area contributed by atoms with E-state index in [4.69, 9.17) is 0 Å². The zero-order chi connectivity index (χ0) is 14.4. The predicted octanol–water partition coefficient (Wildman–Crippen LogP) is 3.46. The fraction of sp³-hybridized carbons (Fsp3) is 0.533. The van der Waals surface area contributed by atoms with Gasteiger partial charge in [0.1, 0.15) is 0 Å². The molecule has 2 heterocycles. The molecule has 0 bridgehead atoms. The molecule has 0 aromatic carbocycles. The summed E-state index contributed by atoms with van der Waals surface area (Å²) in [5, 5.41) is 10.0. The molecule has 0 radical (unpaired) electrons. The van der Waals surface area contributed by atoms with Crippen molar-refractivity contribution in [3.63, 3.8) is 0 Å². The van der Waals surface area contributed by atoms with Crippen LogP contribution in [0.25, 0.3) is 0 Å². The van der Waals surface area contributed by atoms with Gasteiger partial charge < -0.3 is 10.2 Å². The van der Waals surface area contributed by atoms with Crippen LogP contribution in [0.3, 0.4) is 0 Å². The Bertz CT molecular complexity index is 488. The van der Waals surface area contributed by atoms with E-state index in [0.29, 0.717) is 6.04 Å². The van der Waals surface area contributed by atoms with Crippen LogP contribution >= 0.6 is 11.3 Å². The third kappa shape index (κ3) is 4.08. The van der Waals surface area contributed by atoms with Crippen LogP contribution in [0.4, 0.5) is 5.69 Å². The van der Waals surface area contributed by atoms with Crippen molar-refractivity contribution in [2.24, 2.45) is 0 Å². The Morgan fingerprint density at radius 3 is 2.85 bits per heavy atom. The lowest BCUT2D eigenvalue weighted by molar-refractivity contribution is 0.285. The Morgan fingerprint density at radius 2 is 2.20 bits per heavy atom. The largest absolute Gasteiger partial charge is 0.375 e. The minimum Gasteiger partial charge on any atom is -0.375 e. The summed E-state index contributed by atoms with van der Waals surface area (Å²) in [6.07, 6.45) is 4.00. The van der Waals surface area contributed by atoms with Crippen LogP contribution in [-0.4, -0.2) is 34.3 Å². The molecule has 1 atom stereocenters. The van der Waals surface area contributed by atoms with E-state index in [0.717, 1.165) is 31.9 Å². The molecule has 0 spiro atoms. The SMILES string of the molecule is CCN(CC)CCn1cc(NC(C)c2cccs2)cn1. The second kappa shape index (κ2) is 7.45. The molecular weight excluding hydrogens is 268 g/mol. The normalized spacial score (nSPS) is 12.8. The van der Waals surface area contributed by atoms with Gasteiger partial charge in [-0.2, -0.15) is 5.10 Å². The van der Waals surface area contributed by atoms with Crippen LogP contribution in [0.5, 0.6) is 0 Å². The summed E-state index contributed by atoms with van der Waals surface area (Å²) in [6, 6.07) is 4.58. The highest BCUT2D eigenvalue weighted by Gasteiger charge is 2.07. The highest BCUT2D eigenvalue weighted by molar-refractivity contribution is 7.10. The molecule has 4 nitrogen and oxygen atoms in total. The van der Waals surface area contributed by atoms with Crippen molar-refractivity contribution in [3.8, 4) is 0 Å². The van der Waals surface area contributed by atoms with E-state index in [9.17, 15) is 0 Å². The second-order valence-corrected chi connectivity index (χ2v) is 5.88. The fourth-order valence-corrected chi connectivity index (χ4v) is 2.94. The summed E-state index contributed by atoms with van der Waals surface area (Å²) in [6.45, 7) is 10.8. The highest BCUT2D eigenvalue weighted by atomic mass is 32.1. The van der Waals surface area contributed by atoms with Crippen molar-refractivity contribution >= 4 is 17.0 Å². The third-order valence-corrected chi connectivity index (χ3v) is 4.58. The monoisotopic (exact) mass is 292 g/mol. The summed E-state index contributed by atoms with van der Waals surface area (Å²) in [7, 11) is 0. The van der Waals surface area contributed by atoms with Gasteiger partial charge in [0.15, 0.2) is 0 Å². The number of thiophene rings is 1. The average Bonchev–Trinajstić information content (AvgIpc) is 3.11. The standard InChI is InChI=1S/C15H24N4S/c1-4-18(5-2)8-9-19-12-14(11-16-19)17-13(3)15-7-6-10-20-15/h6-7,10-13,17H,4-5,8-9H2,1-3H3. The van der Waals surface area contributed by atoms with Crippen LogP contribution in [0.15, 0.2) is 29.9 Å². The second-order valence-electron chi connectivity index (χ2n) is 4.90. The molecule has 0 aliphatic rings. The maximum absolute atomic E-state index is 4.42. The zero-order valence-electron chi connectivity index (χ0n) is 12.5. The van der Waals surface area contributed by atoms with Crippen LogP contribution in [0, 0.1) is 0 Å². The molecule has 2 rings (SSSR count). The van der Waals surface area contributed by atoms with E-state index in [1.165, 1.54) is 4.88 Å². The number of aromatic nitrogens is 2. The summed E-state index contributed by atoms with van der Waals surface area (Å²) in [5.41, 5.74) is 1.09. The molecule has 0 aliphatic heterocycles. The molecule has 1 unspecified atom stereocenters. The van der Waals surface area contributed by atoms with E-state index in [1.54, 1.807) is 11.3 Å². The molecule has 2 aromatic rings. The van der Waals surface area contributed by atoms with E-state index in [2.05, 4.69) is 59.8 Å². The Labute approximate surface area is 125 Å². The molecule has 110 valence electrons. The van der Waals surface area contributed by atoms with Crippen LogP contribution in [0.2, 0.25) is 0 Å². The minimum atomic E-state index is 0.329. The minimum absolute atomic E-state index is 0.329. The van der Waals surface area contributed by atoms with Crippen LogP contribution < -0.4 is 5.32 Å². The Hall–Kier alpha value is -1.33. The first kappa shape index (κ1) is 15.1. The number of anilines is 1. The van der Waals surface area contributed by atoms with Crippen molar-refractivity contribution in [3.05, 3.63) is 34.8 Å². The molecule has 0 amide bonds. The number of nitrogens with zero attached hydrogens (tertiary/aromatic N) is 3. The smallest absolute Gasteiger partial charge is 0.0731 e. The van der Waals surface area contributed by atoms with Gasteiger partial charge in [-0.3, -0.25) is 4.68 Å². The number of hydrogen-bond acceptors (Lipinski definition) is 4. The topological polar surface area (TPSA) is 33.1 Å². The molecule has 20 heavy (non-hydrogen) atoms. The molecule has 0 fully saturated rings. The van der Waals surface area contributed by atoms with E-state index in [-0.39, 0.29) is 0 Å². The van der Waals surface area contributed by atoms with E-state index in [1.807, 2.05) is 10.9 Å². The molecule has 5 heteroatoms. The summed E-state index contributed by atoms with van der Waals surface area (Å²) in [5.74, 6) is 0. The van der Waals surface area contributed by atoms with Crippen molar-refractivity contribution in [1.82, 2.24) is 14.7 Å². The maximum Gasteiger partial charge on any atom is 0.0731 e. The average molecular weight is 292 g/mol. The Kier molecular flexibility index (Phi) is 5.61. The number of likely N-dealkylation sites (N-methyl/N-ethyl adjacent to an activating group) is 1. The summed E-state index contributed by atoms with van der Waals surface area (Å²) in [4.78, 5) is 3.75. The van der Waals surface area contributed by atoms with Crippen LogP contribution in [0.1, 0.15) is 31.7 Å². The van der Waals surface area contributed by atoms with Gasteiger partial charge >= 0.3 is 0 Å². The van der Waals surface area contributed by atoms with Gasteiger partial charge in [-0.05, 0) is 31.5 Å². The lowest BCUT2D eigenvalue weighted by Crippen LogP contribution is -2.27. The van der Waals surface area contributed by atoms with Gasteiger partial charge in [-0.1, -0.05) is 19.9 Å². The summed E-state index contributed by atoms with van der Waals surface area (Å²) < 4.78 is 2.02. The molecular formula is C15H24N4S. The first-order valence-corrected chi connectivity index (χ1v) is 8.15. The summed E-state index contributed by atoms with van der Waals surface area (Å²) >= 11 is 1.78. The fourth-order valence-electron chi connectivity index (χ4n) is 2.20. The van der Waals surface area contributed by atoms with Gasteiger partial charge in [0.2, 0.25) is 0 Å². The van der Waals surface area contributed by atoms with Gasteiger partial charge in [-0.25, -0.2) is 0 Å². The van der Waals surface area contributed by atoms with Crippen molar-refractivity contribution < 1.29 is 0 Å². The third-order valence-electron chi connectivity index (χ3n) is 3.53. The van der Waals surface area contributed by atoms with Gasteiger partial charge in [-0.15, -0.1) is 11.3 Å². The van der Waals surface area contributed by atoms with E-state index >= 15 is 0 Å². The molecule has 0 saturated heterocycles. The van der Waals surface area contributed by atoms with E-state index < -0.39 is 0 Å². The molecule has 1 N–H and O–H groups in total.